The minimum atomic E-state index is -1.01. The number of carbonyl (C=O) groups excluding carboxylic acids is 3. The average Bonchev–Trinajstić information content (AvgIpc) is 3.66. The monoisotopic (exact) mass is 781 g/mol. The first-order valence-electron chi connectivity index (χ1n) is 17.9. The number of benzene rings is 3. The van der Waals surface area contributed by atoms with Crippen molar-refractivity contribution in [1.29, 1.82) is 0 Å². The number of rotatable bonds is 22. The van der Waals surface area contributed by atoms with Crippen LogP contribution in [-0.2, 0) is 48.6 Å². The van der Waals surface area contributed by atoms with E-state index in [4.69, 9.17) is 35.0 Å². The van der Waals surface area contributed by atoms with Gasteiger partial charge in [0.2, 0.25) is 18.5 Å². The molecule has 0 spiro atoms. The van der Waals surface area contributed by atoms with E-state index in [1.165, 1.54) is 12.1 Å². The molecule has 1 heterocycles. The zero-order valence-corrected chi connectivity index (χ0v) is 31.3. The van der Waals surface area contributed by atoms with E-state index in [2.05, 4.69) is 25.1 Å². The molecule has 56 heavy (non-hydrogen) atoms. The fourth-order valence-electron chi connectivity index (χ4n) is 5.53. The Morgan fingerprint density at radius 3 is 2.11 bits per heavy atom. The second-order valence-corrected chi connectivity index (χ2v) is 12.8. The van der Waals surface area contributed by atoms with Crippen molar-refractivity contribution in [2.24, 2.45) is 5.92 Å². The van der Waals surface area contributed by atoms with Crippen molar-refractivity contribution in [3.05, 3.63) is 83.9 Å². The normalized spacial score (nSPS) is 11.9. The summed E-state index contributed by atoms with van der Waals surface area (Å²) in [5.74, 6) is -0.425. The smallest absolute Gasteiger partial charge is 0.464 e. The summed E-state index contributed by atoms with van der Waals surface area (Å²) in [7, 11) is 0. The SMILES string of the molecule is CCCCC(=O)N(Cc1ccc(-c2ccccc2-c2nnn(COC(=O)Oc3ccc(CON(O)O)cc3)n2)cc1)[C@H](C(=O)OCCCCON(O)O)C(C)C. The summed E-state index contributed by atoms with van der Waals surface area (Å²) >= 11 is 0. The summed E-state index contributed by atoms with van der Waals surface area (Å²) in [4.78, 5) is 50.9. The molecule has 0 aliphatic carbocycles. The van der Waals surface area contributed by atoms with Crippen LogP contribution in [0.3, 0.4) is 0 Å². The highest BCUT2D eigenvalue weighted by Gasteiger charge is 2.33. The number of aromatic nitrogens is 4. The average molecular weight is 782 g/mol. The van der Waals surface area contributed by atoms with Gasteiger partial charge >= 0.3 is 12.1 Å². The molecular formula is C37H47N7O12. The highest BCUT2D eigenvalue weighted by Crippen LogP contribution is 2.30. The quantitative estimate of drug-likeness (QED) is 0.0330. The molecule has 0 saturated heterocycles. The molecule has 0 bridgehead atoms. The maximum Gasteiger partial charge on any atom is 0.515 e. The first-order chi connectivity index (χ1) is 26.9. The van der Waals surface area contributed by atoms with Gasteiger partial charge in [-0.2, -0.15) is 0 Å². The van der Waals surface area contributed by atoms with Crippen LogP contribution in [0.2, 0.25) is 0 Å². The minimum Gasteiger partial charge on any atom is -0.464 e. The number of amides is 1. The maximum absolute atomic E-state index is 13.5. The molecule has 0 radical (unpaired) electrons. The molecule has 4 rings (SSSR count). The molecule has 0 aliphatic heterocycles. The largest absolute Gasteiger partial charge is 0.515 e. The first kappa shape index (κ1) is 43.3. The maximum atomic E-state index is 13.5. The molecule has 0 unspecified atom stereocenters. The Labute approximate surface area is 322 Å². The van der Waals surface area contributed by atoms with Crippen LogP contribution in [-0.4, -0.2) is 94.0 Å². The molecule has 4 N–H and O–H groups in total. The Balaban J connectivity index is 1.40. The number of esters is 1. The lowest BCUT2D eigenvalue weighted by Crippen LogP contribution is -2.48. The van der Waals surface area contributed by atoms with E-state index >= 15 is 0 Å². The van der Waals surface area contributed by atoms with Crippen LogP contribution in [0.4, 0.5) is 4.79 Å². The highest BCUT2D eigenvalue weighted by molar-refractivity contribution is 5.85. The van der Waals surface area contributed by atoms with Gasteiger partial charge in [-0.1, -0.05) is 87.9 Å². The molecule has 3 aromatic carbocycles. The second kappa shape index (κ2) is 22.2. The molecule has 19 nitrogen and oxygen atoms in total. The fourth-order valence-corrected chi connectivity index (χ4v) is 5.53. The Morgan fingerprint density at radius 2 is 1.45 bits per heavy atom. The van der Waals surface area contributed by atoms with Gasteiger partial charge in [0, 0.05) is 18.5 Å². The third kappa shape index (κ3) is 13.7. The van der Waals surface area contributed by atoms with E-state index in [-0.39, 0.29) is 68.3 Å². The molecular weight excluding hydrogens is 734 g/mol. The standard InChI is InChI=1S/C37H47N7O12/c1-4-5-12-33(45)41(34(26(2)3)36(46)52-21-8-9-22-54-43(48)49)23-27-13-17-29(18-14-27)31-10-6-7-11-32(31)35-38-40-42(39-35)25-53-37(47)56-30-19-15-28(16-20-30)24-55-44(50)51/h6-7,10-11,13-20,26,34,48-51H,4-5,8-9,12,21-25H2,1-3H3/t34-/m0/s1. The number of carbonyl (C=O) groups is 3. The van der Waals surface area contributed by atoms with Gasteiger partial charge in [0.25, 0.3) is 0 Å². The fraction of sp³-hybridized carbons (Fsp3) is 0.405. The summed E-state index contributed by atoms with van der Waals surface area (Å²) in [5, 5.41) is 46.4. The van der Waals surface area contributed by atoms with Crippen molar-refractivity contribution in [2.45, 2.75) is 78.8 Å². The molecule has 4 aromatic rings. The van der Waals surface area contributed by atoms with Gasteiger partial charge < -0.3 is 19.1 Å². The van der Waals surface area contributed by atoms with Crippen LogP contribution < -0.4 is 4.74 Å². The number of ether oxygens (including phenoxy) is 3. The summed E-state index contributed by atoms with van der Waals surface area (Å²) in [6.07, 6.45) is 1.63. The van der Waals surface area contributed by atoms with E-state index < -0.39 is 23.6 Å². The predicted octanol–water partition coefficient (Wildman–Crippen LogP) is 5.57. The van der Waals surface area contributed by atoms with Gasteiger partial charge in [0.1, 0.15) is 11.8 Å². The molecule has 1 amide bonds. The molecule has 0 fully saturated rings. The predicted molar refractivity (Wildman–Crippen MR) is 193 cm³/mol. The van der Waals surface area contributed by atoms with Crippen LogP contribution in [0.15, 0.2) is 72.8 Å². The highest BCUT2D eigenvalue weighted by atomic mass is 17.1. The number of unbranched alkanes of at least 4 members (excludes halogenated alkanes) is 2. The van der Waals surface area contributed by atoms with Crippen LogP contribution in [0.1, 0.15) is 64.0 Å². The summed E-state index contributed by atoms with van der Waals surface area (Å²) < 4.78 is 15.8. The number of hydrogen-bond donors (Lipinski definition) is 4. The molecule has 302 valence electrons. The third-order valence-electron chi connectivity index (χ3n) is 8.27. The van der Waals surface area contributed by atoms with E-state index in [0.717, 1.165) is 27.9 Å². The third-order valence-corrected chi connectivity index (χ3v) is 8.27. The van der Waals surface area contributed by atoms with Crippen molar-refractivity contribution in [3.8, 4) is 28.3 Å². The summed E-state index contributed by atoms with van der Waals surface area (Å²) in [5.41, 5.74) is 3.69. The van der Waals surface area contributed by atoms with E-state index in [0.29, 0.717) is 30.4 Å². The molecule has 1 aromatic heterocycles. The van der Waals surface area contributed by atoms with Crippen molar-refractivity contribution in [2.75, 3.05) is 13.2 Å². The van der Waals surface area contributed by atoms with E-state index in [1.54, 1.807) is 17.0 Å². The van der Waals surface area contributed by atoms with Gasteiger partial charge in [-0.25, -0.2) is 14.4 Å². The minimum absolute atomic E-state index is 0.0285. The van der Waals surface area contributed by atoms with Gasteiger partial charge in [-0.3, -0.25) is 30.5 Å². The Morgan fingerprint density at radius 1 is 0.786 bits per heavy atom. The molecule has 0 aliphatic rings. The summed E-state index contributed by atoms with van der Waals surface area (Å²) in [6.45, 7) is 5.53. The lowest BCUT2D eigenvalue weighted by Gasteiger charge is -2.33. The zero-order valence-electron chi connectivity index (χ0n) is 31.3. The second-order valence-electron chi connectivity index (χ2n) is 12.8. The van der Waals surface area contributed by atoms with Crippen molar-refractivity contribution in [1.82, 2.24) is 35.9 Å². The molecule has 1 atom stereocenters. The lowest BCUT2D eigenvalue weighted by molar-refractivity contribution is -0.497. The zero-order chi connectivity index (χ0) is 40.5. The van der Waals surface area contributed by atoms with Crippen LogP contribution in [0, 0.1) is 5.92 Å². The number of hydrogen-bond acceptors (Lipinski definition) is 17. The van der Waals surface area contributed by atoms with Crippen molar-refractivity contribution < 1.29 is 59.1 Å². The van der Waals surface area contributed by atoms with Gasteiger partial charge in [-0.15, -0.1) is 15.0 Å². The molecule has 19 heteroatoms. The summed E-state index contributed by atoms with van der Waals surface area (Å²) in [6, 6.07) is 20.3. The van der Waals surface area contributed by atoms with Crippen LogP contribution in [0.5, 0.6) is 5.75 Å². The van der Waals surface area contributed by atoms with Crippen molar-refractivity contribution in [3.63, 3.8) is 0 Å². The van der Waals surface area contributed by atoms with Crippen LogP contribution in [0.25, 0.3) is 22.5 Å². The first-order valence-corrected chi connectivity index (χ1v) is 17.9. The van der Waals surface area contributed by atoms with Crippen LogP contribution >= 0.6 is 0 Å². The van der Waals surface area contributed by atoms with Gasteiger partial charge in [0.15, 0.2) is 0 Å². The molecule has 0 saturated carbocycles. The van der Waals surface area contributed by atoms with E-state index in [9.17, 15) is 14.4 Å². The van der Waals surface area contributed by atoms with Gasteiger partial charge in [0.05, 0.1) is 30.6 Å². The Hall–Kier alpha value is -5.38. The van der Waals surface area contributed by atoms with E-state index in [1.807, 2.05) is 69.3 Å². The number of nitrogens with zero attached hydrogens (tertiary/aromatic N) is 7. The van der Waals surface area contributed by atoms with Crippen molar-refractivity contribution >= 4 is 18.0 Å². The lowest BCUT2D eigenvalue weighted by atomic mass is 9.97. The number of tetrazole rings is 1. The topological polar surface area (TPSA) is 232 Å². The van der Waals surface area contributed by atoms with Gasteiger partial charge in [-0.05, 0) is 64.8 Å². The Bertz CT molecular complexity index is 1820. The Kier molecular flexibility index (Phi) is 17.2.